The first-order valence-electron chi connectivity index (χ1n) is 7.58. The molecule has 0 radical (unpaired) electrons. The van der Waals surface area contributed by atoms with E-state index in [9.17, 15) is 0 Å². The van der Waals surface area contributed by atoms with Crippen LogP contribution in [0.2, 0.25) is 0 Å². The van der Waals surface area contributed by atoms with Crippen molar-refractivity contribution in [3.05, 3.63) is 0 Å². The first-order valence-corrected chi connectivity index (χ1v) is 9.48. The van der Waals surface area contributed by atoms with Crippen molar-refractivity contribution in [2.45, 2.75) is 19.3 Å². The van der Waals surface area contributed by atoms with Crippen LogP contribution >= 0.6 is 7.92 Å². The summed E-state index contributed by atoms with van der Waals surface area (Å²) in [5, 5.41) is 0. The van der Waals surface area contributed by atoms with Crippen LogP contribution in [-0.4, -0.2) is 95.1 Å². The molecule has 0 aliphatic heterocycles. The molecule has 0 aliphatic rings. The van der Waals surface area contributed by atoms with Crippen LogP contribution in [0.3, 0.4) is 0 Å². The summed E-state index contributed by atoms with van der Waals surface area (Å²) in [4.78, 5) is 6.94. The maximum atomic E-state index is 2.31. The van der Waals surface area contributed by atoms with Crippen molar-refractivity contribution in [3.8, 4) is 0 Å². The van der Waals surface area contributed by atoms with E-state index < -0.39 is 0 Å². The van der Waals surface area contributed by atoms with Gasteiger partial charge in [0.1, 0.15) is 0 Å². The zero-order valence-corrected chi connectivity index (χ0v) is 15.0. The van der Waals surface area contributed by atoms with Gasteiger partial charge in [-0.2, -0.15) is 0 Å². The van der Waals surface area contributed by atoms with Crippen LogP contribution in [0.5, 0.6) is 0 Å². The maximum absolute atomic E-state index is 2.31. The van der Waals surface area contributed by atoms with Gasteiger partial charge in [0.15, 0.2) is 0 Å². The van der Waals surface area contributed by atoms with Gasteiger partial charge in [-0.25, -0.2) is 0 Å². The molecule has 0 rings (SSSR count). The predicted octanol–water partition coefficient (Wildman–Crippen LogP) is 2.32. The molecule has 0 aromatic carbocycles. The zero-order valence-electron chi connectivity index (χ0n) is 14.2. The van der Waals surface area contributed by atoms with E-state index in [0.717, 1.165) is 0 Å². The summed E-state index contributed by atoms with van der Waals surface area (Å²) in [5.41, 5.74) is 0. The molecule has 4 heteroatoms. The van der Waals surface area contributed by atoms with Gasteiger partial charge in [-0.3, -0.25) is 0 Å². The van der Waals surface area contributed by atoms with E-state index >= 15 is 0 Å². The average Bonchev–Trinajstić information content (AvgIpc) is 2.26. The Balaban J connectivity index is 3.85. The van der Waals surface area contributed by atoms with Gasteiger partial charge in [0.25, 0.3) is 0 Å². The third kappa shape index (κ3) is 14.5. The Kier molecular flexibility index (Phi) is 12.3. The minimum Gasteiger partial charge on any atom is -0.309 e. The van der Waals surface area contributed by atoms with Crippen LogP contribution in [0.4, 0.5) is 0 Å². The normalized spacial score (nSPS) is 12.3. The van der Waals surface area contributed by atoms with E-state index in [1.807, 2.05) is 0 Å². The van der Waals surface area contributed by atoms with Gasteiger partial charge in [-0.05, 0) is 99.7 Å². The minimum absolute atomic E-state index is 0.267. The molecule has 0 aromatic rings. The Bertz CT molecular complexity index is 163. The molecule has 0 aliphatic carbocycles. The monoisotopic (exact) mass is 289 g/mol. The van der Waals surface area contributed by atoms with E-state index in [2.05, 4.69) is 57.0 Å². The lowest BCUT2D eigenvalue weighted by Gasteiger charge is -2.21. The fraction of sp³-hybridized carbons (Fsp3) is 1.00. The molecule has 0 amide bonds. The molecule has 0 saturated carbocycles. The summed E-state index contributed by atoms with van der Waals surface area (Å²) in [6.45, 7) is 3.75. The van der Waals surface area contributed by atoms with Crippen LogP contribution in [-0.2, 0) is 0 Å². The van der Waals surface area contributed by atoms with Crippen molar-refractivity contribution in [2.75, 3.05) is 80.4 Å². The molecule has 0 aromatic heterocycles. The van der Waals surface area contributed by atoms with E-state index in [1.54, 1.807) is 0 Å². The fourth-order valence-electron chi connectivity index (χ4n) is 2.17. The Morgan fingerprint density at radius 2 is 0.789 bits per heavy atom. The molecule has 19 heavy (non-hydrogen) atoms. The quantitative estimate of drug-likeness (QED) is 0.511. The van der Waals surface area contributed by atoms with Gasteiger partial charge in [-0.1, -0.05) is 0 Å². The molecule has 0 fully saturated rings. The summed E-state index contributed by atoms with van der Waals surface area (Å²) < 4.78 is 0. The molecular weight excluding hydrogens is 253 g/mol. The van der Waals surface area contributed by atoms with Gasteiger partial charge >= 0.3 is 0 Å². The Morgan fingerprint density at radius 1 is 0.526 bits per heavy atom. The molecule has 116 valence electrons. The summed E-state index contributed by atoms with van der Waals surface area (Å²) in [5.74, 6) is 0. The van der Waals surface area contributed by atoms with Crippen molar-refractivity contribution in [1.29, 1.82) is 0 Å². The van der Waals surface area contributed by atoms with Crippen LogP contribution in [0.1, 0.15) is 19.3 Å². The maximum Gasteiger partial charge on any atom is -0.00215 e. The summed E-state index contributed by atoms with van der Waals surface area (Å²) in [7, 11) is 13.4. The molecule has 0 bridgehead atoms. The summed E-state index contributed by atoms with van der Waals surface area (Å²) in [6, 6.07) is 0. The molecule has 0 N–H and O–H groups in total. The van der Waals surface area contributed by atoms with E-state index in [4.69, 9.17) is 0 Å². The second-order valence-electron chi connectivity index (χ2n) is 6.31. The topological polar surface area (TPSA) is 9.72 Å². The highest BCUT2D eigenvalue weighted by molar-refractivity contribution is 7.57. The number of hydrogen-bond acceptors (Lipinski definition) is 3. The van der Waals surface area contributed by atoms with Gasteiger partial charge in [0.2, 0.25) is 0 Å². The molecule has 0 unspecified atom stereocenters. The summed E-state index contributed by atoms with van der Waals surface area (Å²) >= 11 is 0. The average molecular weight is 289 g/mol. The van der Waals surface area contributed by atoms with Crippen molar-refractivity contribution >= 4 is 7.92 Å². The van der Waals surface area contributed by atoms with Crippen molar-refractivity contribution in [1.82, 2.24) is 14.7 Å². The predicted molar refractivity (Wildman–Crippen MR) is 91.0 cm³/mol. The lowest BCUT2D eigenvalue weighted by Crippen LogP contribution is -2.17. The van der Waals surface area contributed by atoms with Crippen molar-refractivity contribution in [2.24, 2.45) is 0 Å². The first-order chi connectivity index (χ1) is 8.91. The number of nitrogens with zero attached hydrogens (tertiary/aromatic N) is 3. The van der Waals surface area contributed by atoms with Crippen LogP contribution in [0.15, 0.2) is 0 Å². The largest absolute Gasteiger partial charge is 0.309 e. The van der Waals surface area contributed by atoms with Crippen LogP contribution < -0.4 is 0 Å². The zero-order chi connectivity index (χ0) is 14.7. The highest BCUT2D eigenvalue weighted by Crippen LogP contribution is 2.37. The number of rotatable bonds is 12. The SMILES string of the molecule is CN(C)CCCP(CCCN(C)C)CCCN(C)C. The van der Waals surface area contributed by atoms with Crippen molar-refractivity contribution in [3.63, 3.8) is 0 Å². The van der Waals surface area contributed by atoms with Gasteiger partial charge in [0.05, 0.1) is 0 Å². The highest BCUT2D eigenvalue weighted by atomic mass is 31.1. The highest BCUT2D eigenvalue weighted by Gasteiger charge is 2.08. The Labute approximate surface area is 123 Å². The molecular formula is C15H36N3P. The molecule has 0 spiro atoms. The lowest BCUT2D eigenvalue weighted by atomic mass is 10.4. The van der Waals surface area contributed by atoms with E-state index in [1.165, 1.54) is 57.4 Å². The third-order valence-electron chi connectivity index (χ3n) is 3.24. The van der Waals surface area contributed by atoms with E-state index in [0.29, 0.717) is 0 Å². The summed E-state index contributed by atoms with van der Waals surface area (Å²) in [6.07, 6.45) is 8.53. The lowest BCUT2D eigenvalue weighted by molar-refractivity contribution is 0.405. The fourth-order valence-corrected chi connectivity index (χ4v) is 4.60. The molecule has 0 saturated heterocycles. The van der Waals surface area contributed by atoms with Crippen molar-refractivity contribution < 1.29 is 0 Å². The smallest absolute Gasteiger partial charge is 0.00215 e. The molecule has 0 heterocycles. The van der Waals surface area contributed by atoms with Gasteiger partial charge in [0, 0.05) is 0 Å². The minimum atomic E-state index is 0.267. The van der Waals surface area contributed by atoms with Crippen LogP contribution in [0.25, 0.3) is 0 Å². The van der Waals surface area contributed by atoms with E-state index in [-0.39, 0.29) is 7.92 Å². The Hall–Kier alpha value is 0.310. The second-order valence-corrected chi connectivity index (χ2v) is 9.00. The van der Waals surface area contributed by atoms with Gasteiger partial charge < -0.3 is 14.7 Å². The molecule has 0 atom stereocenters. The molecule has 3 nitrogen and oxygen atoms in total. The third-order valence-corrected chi connectivity index (χ3v) is 6.09. The van der Waals surface area contributed by atoms with Gasteiger partial charge in [-0.15, -0.1) is 7.92 Å². The second kappa shape index (κ2) is 12.1. The first kappa shape index (κ1) is 19.3. The standard InChI is InChI=1S/C15H36N3P/c1-16(2)10-7-13-19(14-8-11-17(3)4)15-9-12-18(5)6/h7-15H2,1-6H3. The number of hydrogen-bond donors (Lipinski definition) is 0. The van der Waals surface area contributed by atoms with Crippen LogP contribution in [0, 0.1) is 0 Å². The Morgan fingerprint density at radius 3 is 1.00 bits per heavy atom.